The Morgan fingerprint density at radius 1 is 0.964 bits per heavy atom. The molecule has 0 aliphatic rings. The summed E-state index contributed by atoms with van der Waals surface area (Å²) in [6, 6.07) is 20.4. The number of amides is 1. The van der Waals surface area contributed by atoms with E-state index in [1.54, 1.807) is 36.7 Å². The van der Waals surface area contributed by atoms with Gasteiger partial charge >= 0.3 is 0 Å². The minimum absolute atomic E-state index is 0.219. The largest absolute Gasteiger partial charge is 0.473 e. The van der Waals surface area contributed by atoms with Crippen molar-refractivity contribution in [2.24, 2.45) is 0 Å². The van der Waals surface area contributed by atoms with Gasteiger partial charge in [-0.3, -0.25) is 4.79 Å². The number of carbonyl (C=O) groups excluding carboxylic acids is 1. The van der Waals surface area contributed by atoms with E-state index in [2.05, 4.69) is 15.3 Å². The Bertz CT molecular complexity index is 1030. The zero-order chi connectivity index (χ0) is 19.2. The SMILES string of the molecule is O=C(Nc1ccc(OCc2ccccc2)nc1)c1ccc(-c2cnco2)cc1. The van der Waals surface area contributed by atoms with Gasteiger partial charge in [-0.15, -0.1) is 0 Å². The third-order valence-corrected chi connectivity index (χ3v) is 4.09. The van der Waals surface area contributed by atoms with Gasteiger partial charge in [0, 0.05) is 17.2 Å². The molecule has 1 amide bonds. The number of carbonyl (C=O) groups is 1. The first kappa shape index (κ1) is 17.5. The number of nitrogens with one attached hydrogen (secondary N) is 1. The van der Waals surface area contributed by atoms with Crippen LogP contribution in [0.2, 0.25) is 0 Å². The number of nitrogens with zero attached hydrogens (tertiary/aromatic N) is 2. The van der Waals surface area contributed by atoms with E-state index < -0.39 is 0 Å². The standard InChI is InChI=1S/C22H17N3O3/c26-22(18-8-6-17(7-9-18)20-13-23-15-28-20)25-19-10-11-21(24-12-19)27-14-16-4-2-1-3-5-16/h1-13,15H,14H2,(H,25,26). The fourth-order valence-corrected chi connectivity index (χ4v) is 2.62. The highest BCUT2D eigenvalue weighted by molar-refractivity contribution is 6.04. The molecule has 4 aromatic rings. The van der Waals surface area contributed by atoms with E-state index in [0.717, 1.165) is 11.1 Å². The number of anilines is 1. The van der Waals surface area contributed by atoms with Crippen molar-refractivity contribution in [1.29, 1.82) is 0 Å². The molecule has 0 bridgehead atoms. The molecular formula is C22H17N3O3. The quantitative estimate of drug-likeness (QED) is 0.537. The third kappa shape index (κ3) is 4.24. The fraction of sp³-hybridized carbons (Fsp3) is 0.0455. The third-order valence-electron chi connectivity index (χ3n) is 4.09. The number of hydrogen-bond donors (Lipinski definition) is 1. The summed E-state index contributed by atoms with van der Waals surface area (Å²) in [6.45, 7) is 0.442. The lowest BCUT2D eigenvalue weighted by atomic mass is 10.1. The Hall–Kier alpha value is -3.93. The first-order valence-electron chi connectivity index (χ1n) is 8.71. The summed E-state index contributed by atoms with van der Waals surface area (Å²) in [5.41, 5.74) is 3.05. The van der Waals surface area contributed by atoms with E-state index in [1.807, 2.05) is 42.5 Å². The summed E-state index contributed by atoms with van der Waals surface area (Å²) in [6.07, 6.45) is 4.57. The molecule has 138 valence electrons. The predicted octanol–water partition coefficient (Wildman–Crippen LogP) is 4.57. The van der Waals surface area contributed by atoms with Crippen LogP contribution < -0.4 is 10.1 Å². The summed E-state index contributed by atoms with van der Waals surface area (Å²) >= 11 is 0. The maximum absolute atomic E-state index is 12.4. The van der Waals surface area contributed by atoms with Gasteiger partial charge in [0.25, 0.3) is 5.91 Å². The van der Waals surface area contributed by atoms with Gasteiger partial charge < -0.3 is 14.5 Å². The molecule has 1 N–H and O–H groups in total. The van der Waals surface area contributed by atoms with Gasteiger partial charge in [0.1, 0.15) is 6.61 Å². The van der Waals surface area contributed by atoms with Gasteiger partial charge in [-0.2, -0.15) is 0 Å². The van der Waals surface area contributed by atoms with Gasteiger partial charge in [0.15, 0.2) is 12.2 Å². The van der Waals surface area contributed by atoms with Crippen molar-refractivity contribution in [2.45, 2.75) is 6.61 Å². The summed E-state index contributed by atoms with van der Waals surface area (Å²) < 4.78 is 10.9. The topological polar surface area (TPSA) is 77.2 Å². The second kappa shape index (κ2) is 8.18. The van der Waals surface area contributed by atoms with Gasteiger partial charge in [-0.25, -0.2) is 9.97 Å². The molecule has 0 saturated carbocycles. The number of aromatic nitrogens is 2. The summed E-state index contributed by atoms with van der Waals surface area (Å²) in [7, 11) is 0. The number of hydrogen-bond acceptors (Lipinski definition) is 5. The molecule has 2 aromatic heterocycles. The molecule has 0 fully saturated rings. The molecule has 0 aliphatic heterocycles. The van der Waals surface area contributed by atoms with Crippen LogP contribution in [0.3, 0.4) is 0 Å². The maximum Gasteiger partial charge on any atom is 0.255 e. The van der Waals surface area contributed by atoms with Gasteiger partial charge in [-0.05, 0) is 23.8 Å². The average Bonchev–Trinajstić information content (AvgIpc) is 3.29. The molecule has 0 atom stereocenters. The predicted molar refractivity (Wildman–Crippen MR) is 105 cm³/mol. The minimum Gasteiger partial charge on any atom is -0.473 e. The zero-order valence-corrected chi connectivity index (χ0v) is 14.9. The lowest BCUT2D eigenvalue weighted by Crippen LogP contribution is -2.12. The van der Waals surface area contributed by atoms with Crippen molar-refractivity contribution < 1.29 is 13.9 Å². The molecule has 4 rings (SSSR count). The van der Waals surface area contributed by atoms with Crippen LogP contribution in [0.15, 0.2) is 89.9 Å². The molecule has 0 aliphatic carbocycles. The van der Waals surface area contributed by atoms with Crippen molar-refractivity contribution >= 4 is 11.6 Å². The Balaban J connectivity index is 1.35. The summed E-state index contributed by atoms with van der Waals surface area (Å²) in [5.74, 6) is 0.935. The molecular weight excluding hydrogens is 354 g/mol. The molecule has 2 aromatic carbocycles. The minimum atomic E-state index is -0.219. The highest BCUT2D eigenvalue weighted by Gasteiger charge is 2.08. The Labute approximate surface area is 161 Å². The number of oxazole rings is 1. The van der Waals surface area contributed by atoms with E-state index in [1.165, 1.54) is 6.39 Å². The van der Waals surface area contributed by atoms with Crippen LogP contribution in [0.25, 0.3) is 11.3 Å². The van der Waals surface area contributed by atoms with Crippen molar-refractivity contribution in [3.05, 3.63) is 96.6 Å². The van der Waals surface area contributed by atoms with Gasteiger partial charge in [0.05, 0.1) is 18.1 Å². The summed E-state index contributed by atoms with van der Waals surface area (Å²) in [4.78, 5) is 20.5. The Morgan fingerprint density at radius 2 is 1.79 bits per heavy atom. The molecule has 0 saturated heterocycles. The molecule has 0 radical (unpaired) electrons. The number of benzene rings is 2. The number of ether oxygens (including phenoxy) is 1. The number of pyridine rings is 1. The first-order chi connectivity index (χ1) is 13.8. The van der Waals surface area contributed by atoms with Crippen LogP contribution in [0.1, 0.15) is 15.9 Å². The van der Waals surface area contributed by atoms with Crippen LogP contribution >= 0.6 is 0 Å². The van der Waals surface area contributed by atoms with Crippen molar-refractivity contribution in [2.75, 3.05) is 5.32 Å². The van der Waals surface area contributed by atoms with Crippen molar-refractivity contribution in [3.63, 3.8) is 0 Å². The van der Waals surface area contributed by atoms with E-state index in [4.69, 9.17) is 9.15 Å². The highest BCUT2D eigenvalue weighted by atomic mass is 16.5. The second-order valence-electron chi connectivity index (χ2n) is 6.06. The van der Waals surface area contributed by atoms with Gasteiger partial charge in [-0.1, -0.05) is 42.5 Å². The van der Waals surface area contributed by atoms with E-state index in [-0.39, 0.29) is 5.91 Å². The Kier molecular flexibility index (Phi) is 5.11. The van der Waals surface area contributed by atoms with E-state index in [9.17, 15) is 4.79 Å². The molecule has 0 unspecified atom stereocenters. The van der Waals surface area contributed by atoms with Crippen molar-refractivity contribution in [1.82, 2.24) is 9.97 Å². The smallest absolute Gasteiger partial charge is 0.255 e. The Morgan fingerprint density at radius 3 is 2.46 bits per heavy atom. The normalized spacial score (nSPS) is 10.4. The monoisotopic (exact) mass is 371 g/mol. The summed E-state index contributed by atoms with van der Waals surface area (Å²) in [5, 5.41) is 2.82. The van der Waals surface area contributed by atoms with Crippen LogP contribution in [-0.2, 0) is 6.61 Å². The van der Waals surface area contributed by atoms with E-state index in [0.29, 0.717) is 29.5 Å². The number of rotatable bonds is 6. The molecule has 28 heavy (non-hydrogen) atoms. The van der Waals surface area contributed by atoms with Crippen LogP contribution in [0.5, 0.6) is 5.88 Å². The van der Waals surface area contributed by atoms with Crippen molar-refractivity contribution in [3.8, 4) is 17.2 Å². The van der Waals surface area contributed by atoms with Crippen LogP contribution in [-0.4, -0.2) is 15.9 Å². The lowest BCUT2D eigenvalue weighted by molar-refractivity contribution is 0.102. The highest BCUT2D eigenvalue weighted by Crippen LogP contribution is 2.20. The van der Waals surface area contributed by atoms with Gasteiger partial charge in [0.2, 0.25) is 5.88 Å². The zero-order valence-electron chi connectivity index (χ0n) is 14.9. The van der Waals surface area contributed by atoms with Crippen LogP contribution in [0, 0.1) is 0 Å². The molecule has 6 heteroatoms. The first-order valence-corrected chi connectivity index (χ1v) is 8.71. The van der Waals surface area contributed by atoms with E-state index >= 15 is 0 Å². The average molecular weight is 371 g/mol. The second-order valence-corrected chi connectivity index (χ2v) is 6.06. The lowest BCUT2D eigenvalue weighted by Gasteiger charge is -2.08. The van der Waals surface area contributed by atoms with Crippen LogP contribution in [0.4, 0.5) is 5.69 Å². The molecule has 2 heterocycles. The molecule has 6 nitrogen and oxygen atoms in total. The fourth-order valence-electron chi connectivity index (χ4n) is 2.62. The maximum atomic E-state index is 12.4. The molecule has 0 spiro atoms.